The van der Waals surface area contributed by atoms with Crippen molar-refractivity contribution in [2.75, 3.05) is 29.7 Å². The van der Waals surface area contributed by atoms with Crippen molar-refractivity contribution >= 4 is 41.3 Å². The molecular weight excluding hydrogens is 408 g/mol. The van der Waals surface area contributed by atoms with Crippen LogP contribution in [0.4, 0.5) is 23.5 Å². The molecule has 0 bridgehead atoms. The lowest BCUT2D eigenvalue weighted by Crippen LogP contribution is -2.16. The van der Waals surface area contributed by atoms with Crippen LogP contribution in [0.3, 0.4) is 0 Å². The number of non-ortho nitro benzene ring substituents is 1. The van der Waals surface area contributed by atoms with Gasteiger partial charge in [-0.3, -0.25) is 10.1 Å². The molecule has 2 N–H and O–H groups in total. The lowest BCUT2D eigenvalue weighted by Gasteiger charge is -2.13. The Hall–Kier alpha value is -3.79. The zero-order valence-corrected chi connectivity index (χ0v) is 17.0. The van der Waals surface area contributed by atoms with E-state index >= 15 is 0 Å². The molecule has 0 atom stereocenters. The lowest BCUT2D eigenvalue weighted by atomic mass is 10.2. The molecule has 0 aliphatic rings. The summed E-state index contributed by atoms with van der Waals surface area (Å²) in [6, 6.07) is 13.9. The molecule has 0 radical (unpaired) electrons. The predicted octanol–water partition coefficient (Wildman–Crippen LogP) is 3.56. The molecular formula is C19H19ClN8O2. The summed E-state index contributed by atoms with van der Waals surface area (Å²) in [6.45, 7) is 0.545. The normalized spacial score (nSPS) is 10.8. The Morgan fingerprint density at radius 3 is 2.57 bits per heavy atom. The van der Waals surface area contributed by atoms with E-state index in [4.69, 9.17) is 11.6 Å². The van der Waals surface area contributed by atoms with Crippen molar-refractivity contribution in [2.24, 2.45) is 5.10 Å². The Labute approximate surface area is 177 Å². The SMILES string of the molecule is CN(C)c1nc(NCc2ccccc2)nc(N/N=C\c2cc([N+](=O)[O-])ccc2Cl)n1. The van der Waals surface area contributed by atoms with Crippen LogP contribution in [-0.4, -0.2) is 40.2 Å². The Morgan fingerprint density at radius 2 is 1.87 bits per heavy atom. The molecule has 154 valence electrons. The number of nitro benzene ring substituents is 1. The molecule has 3 aromatic rings. The third-order valence-corrected chi connectivity index (χ3v) is 4.22. The van der Waals surface area contributed by atoms with E-state index in [1.54, 1.807) is 4.90 Å². The summed E-state index contributed by atoms with van der Waals surface area (Å²) in [4.78, 5) is 25.1. The fraction of sp³-hybridized carbons (Fsp3) is 0.158. The number of nitrogens with zero attached hydrogens (tertiary/aromatic N) is 6. The molecule has 0 fully saturated rings. The van der Waals surface area contributed by atoms with Gasteiger partial charge in [0.15, 0.2) is 0 Å². The summed E-state index contributed by atoms with van der Waals surface area (Å²) in [5.41, 5.74) is 4.11. The first-order chi connectivity index (χ1) is 14.4. The van der Waals surface area contributed by atoms with E-state index in [1.807, 2.05) is 44.4 Å². The van der Waals surface area contributed by atoms with Crippen LogP contribution in [0.25, 0.3) is 0 Å². The van der Waals surface area contributed by atoms with E-state index < -0.39 is 4.92 Å². The van der Waals surface area contributed by atoms with Crippen LogP contribution in [0, 0.1) is 10.1 Å². The van der Waals surface area contributed by atoms with Gasteiger partial charge in [-0.2, -0.15) is 20.1 Å². The van der Waals surface area contributed by atoms with Gasteiger partial charge < -0.3 is 10.2 Å². The average Bonchev–Trinajstić information content (AvgIpc) is 2.74. The van der Waals surface area contributed by atoms with Gasteiger partial charge >= 0.3 is 0 Å². The van der Waals surface area contributed by atoms with E-state index in [0.29, 0.717) is 29.0 Å². The number of anilines is 3. The van der Waals surface area contributed by atoms with Gasteiger partial charge in [-0.15, -0.1) is 0 Å². The quantitative estimate of drug-likeness (QED) is 0.318. The van der Waals surface area contributed by atoms with Crippen molar-refractivity contribution in [2.45, 2.75) is 6.54 Å². The van der Waals surface area contributed by atoms with Crippen molar-refractivity contribution in [1.29, 1.82) is 0 Å². The number of hydrogen-bond donors (Lipinski definition) is 2. The second-order valence-corrected chi connectivity index (χ2v) is 6.76. The minimum Gasteiger partial charge on any atom is -0.350 e. The van der Waals surface area contributed by atoms with Crippen LogP contribution in [0.1, 0.15) is 11.1 Å². The van der Waals surface area contributed by atoms with Crippen LogP contribution < -0.4 is 15.6 Å². The summed E-state index contributed by atoms with van der Waals surface area (Å²) in [6.07, 6.45) is 1.37. The molecule has 2 aromatic carbocycles. The maximum absolute atomic E-state index is 10.9. The largest absolute Gasteiger partial charge is 0.350 e. The number of halogens is 1. The number of nitrogens with one attached hydrogen (secondary N) is 2. The van der Waals surface area contributed by atoms with E-state index in [9.17, 15) is 10.1 Å². The highest BCUT2D eigenvalue weighted by molar-refractivity contribution is 6.33. The topological polar surface area (TPSA) is 121 Å². The molecule has 0 spiro atoms. The summed E-state index contributed by atoms with van der Waals surface area (Å²) < 4.78 is 0. The van der Waals surface area contributed by atoms with Gasteiger partial charge in [0.05, 0.1) is 11.1 Å². The predicted molar refractivity (Wildman–Crippen MR) is 117 cm³/mol. The van der Waals surface area contributed by atoms with Crippen molar-refractivity contribution in [3.63, 3.8) is 0 Å². The van der Waals surface area contributed by atoms with E-state index in [1.165, 1.54) is 24.4 Å². The standard InChI is InChI=1S/C19H19ClN8O2/c1-27(2)19-24-17(21-11-13-6-4-3-5-7-13)23-18(25-19)26-22-12-14-10-15(28(29)30)8-9-16(14)20/h3-10,12H,11H2,1-2H3,(H2,21,23,24,25,26)/b22-12-. The third kappa shape index (κ3) is 5.61. The van der Waals surface area contributed by atoms with Crippen LogP contribution in [0.2, 0.25) is 5.02 Å². The minimum atomic E-state index is -0.499. The molecule has 0 unspecified atom stereocenters. The third-order valence-electron chi connectivity index (χ3n) is 3.88. The average molecular weight is 427 g/mol. The molecule has 11 heteroatoms. The first kappa shape index (κ1) is 20.9. The highest BCUT2D eigenvalue weighted by Crippen LogP contribution is 2.20. The Balaban J connectivity index is 1.76. The molecule has 10 nitrogen and oxygen atoms in total. The van der Waals surface area contributed by atoms with Gasteiger partial charge in [-0.25, -0.2) is 5.43 Å². The first-order valence-electron chi connectivity index (χ1n) is 8.86. The molecule has 0 saturated carbocycles. The van der Waals surface area contributed by atoms with E-state index in [2.05, 4.69) is 30.8 Å². The molecule has 0 amide bonds. The zero-order chi connectivity index (χ0) is 21.5. The second kappa shape index (κ2) is 9.61. The monoisotopic (exact) mass is 426 g/mol. The fourth-order valence-corrected chi connectivity index (χ4v) is 2.54. The molecule has 1 aromatic heterocycles. The Bertz CT molecular complexity index is 1060. The van der Waals surface area contributed by atoms with Gasteiger partial charge in [0.1, 0.15) is 0 Å². The highest BCUT2D eigenvalue weighted by atomic mass is 35.5. The number of benzene rings is 2. The van der Waals surface area contributed by atoms with Crippen molar-refractivity contribution < 1.29 is 4.92 Å². The van der Waals surface area contributed by atoms with Crippen LogP contribution >= 0.6 is 11.6 Å². The Kier molecular flexibility index (Phi) is 6.71. The number of hydrazone groups is 1. The van der Waals surface area contributed by atoms with E-state index in [-0.39, 0.29) is 11.6 Å². The molecule has 0 aliphatic heterocycles. The molecule has 30 heavy (non-hydrogen) atoms. The number of hydrogen-bond acceptors (Lipinski definition) is 9. The van der Waals surface area contributed by atoms with Crippen molar-refractivity contribution in [1.82, 2.24) is 15.0 Å². The van der Waals surface area contributed by atoms with Gasteiger partial charge in [0.2, 0.25) is 17.8 Å². The number of aromatic nitrogens is 3. The summed E-state index contributed by atoms with van der Waals surface area (Å²) >= 11 is 6.07. The number of rotatable bonds is 8. The van der Waals surface area contributed by atoms with E-state index in [0.717, 1.165) is 5.56 Å². The highest BCUT2D eigenvalue weighted by Gasteiger charge is 2.10. The summed E-state index contributed by atoms with van der Waals surface area (Å²) in [7, 11) is 3.62. The first-order valence-corrected chi connectivity index (χ1v) is 9.24. The lowest BCUT2D eigenvalue weighted by molar-refractivity contribution is -0.384. The second-order valence-electron chi connectivity index (χ2n) is 6.35. The number of nitro groups is 1. The summed E-state index contributed by atoms with van der Waals surface area (Å²) in [5.74, 6) is 1.03. The van der Waals surface area contributed by atoms with Crippen molar-refractivity contribution in [3.8, 4) is 0 Å². The van der Waals surface area contributed by atoms with Crippen LogP contribution in [-0.2, 0) is 6.54 Å². The van der Waals surface area contributed by atoms with Crippen LogP contribution in [0.5, 0.6) is 0 Å². The molecule has 0 saturated heterocycles. The molecule has 0 aliphatic carbocycles. The summed E-state index contributed by atoms with van der Waals surface area (Å²) in [5, 5.41) is 18.5. The zero-order valence-electron chi connectivity index (χ0n) is 16.3. The van der Waals surface area contributed by atoms with Crippen LogP contribution in [0.15, 0.2) is 53.6 Å². The van der Waals surface area contributed by atoms with Crippen molar-refractivity contribution in [3.05, 3.63) is 74.8 Å². The smallest absolute Gasteiger partial charge is 0.270 e. The minimum absolute atomic E-state index is 0.0803. The maximum Gasteiger partial charge on any atom is 0.270 e. The van der Waals surface area contributed by atoms with Gasteiger partial charge in [-0.1, -0.05) is 41.9 Å². The fourth-order valence-electron chi connectivity index (χ4n) is 2.37. The van der Waals surface area contributed by atoms with Gasteiger partial charge in [0.25, 0.3) is 5.69 Å². The molecule has 1 heterocycles. The maximum atomic E-state index is 10.9. The Morgan fingerprint density at radius 1 is 1.13 bits per heavy atom. The van der Waals surface area contributed by atoms with Gasteiger partial charge in [0, 0.05) is 43.4 Å². The van der Waals surface area contributed by atoms with Gasteiger partial charge in [-0.05, 0) is 11.6 Å². The molecule has 3 rings (SSSR count).